The highest BCUT2D eigenvalue weighted by Crippen LogP contribution is 2.25. The lowest BCUT2D eigenvalue weighted by Gasteiger charge is -2.29. The van der Waals surface area contributed by atoms with Crippen molar-refractivity contribution in [1.82, 2.24) is 47.9 Å². The van der Waals surface area contributed by atoms with Gasteiger partial charge in [-0.25, -0.2) is 9.59 Å². The molecule has 2 aliphatic heterocycles. The molecular weight excluding hydrogens is 1230 g/mol. The van der Waals surface area contributed by atoms with E-state index in [1.807, 2.05) is 5.32 Å². The molecule has 0 bridgehead atoms. The quantitative estimate of drug-likeness (QED) is 0.0332. The molecule has 90 heavy (non-hydrogen) atoms. The summed E-state index contributed by atoms with van der Waals surface area (Å²) in [5, 5.41) is 49.1. The Morgan fingerprint density at radius 2 is 1.16 bits per heavy atom. The summed E-state index contributed by atoms with van der Waals surface area (Å²) in [5.74, 6) is -9.80. The summed E-state index contributed by atoms with van der Waals surface area (Å²) in [6.07, 6.45) is -2.28. The number of phenols is 1. The van der Waals surface area contributed by atoms with Crippen LogP contribution in [-0.4, -0.2) is 160 Å². The Morgan fingerprint density at radius 3 is 1.72 bits per heavy atom. The predicted octanol–water partition coefficient (Wildman–Crippen LogP) is -1.55. The van der Waals surface area contributed by atoms with Crippen molar-refractivity contribution in [2.24, 2.45) is 22.9 Å². The van der Waals surface area contributed by atoms with Gasteiger partial charge in [0.05, 0.1) is 18.6 Å². The lowest BCUT2D eigenvalue weighted by atomic mass is 10.0. The maximum absolute atomic E-state index is 15.1. The molecule has 10 atom stereocenters. The van der Waals surface area contributed by atoms with Crippen molar-refractivity contribution in [3.05, 3.63) is 124 Å². The van der Waals surface area contributed by atoms with Crippen LogP contribution in [0.3, 0.4) is 0 Å². The van der Waals surface area contributed by atoms with Gasteiger partial charge in [0.25, 0.3) is 0 Å². The van der Waals surface area contributed by atoms with E-state index < -0.39 is 132 Å². The van der Waals surface area contributed by atoms with Gasteiger partial charge in [-0.2, -0.15) is 0 Å². The molecule has 1 unspecified atom stereocenters. The number of imide groups is 1. The number of primary amides is 2. The highest BCUT2D eigenvalue weighted by Gasteiger charge is 2.37. The third-order valence-electron chi connectivity index (χ3n) is 14.1. The molecule has 21 N–H and O–H groups in total. The minimum absolute atomic E-state index is 0.0174. The Labute approximate surface area is 529 Å². The first-order valence-electron chi connectivity index (χ1n) is 28.3. The molecule has 4 aromatic rings. The van der Waals surface area contributed by atoms with Gasteiger partial charge in [0.2, 0.25) is 59.1 Å². The molecule has 482 valence electrons. The van der Waals surface area contributed by atoms with Crippen LogP contribution in [0, 0.1) is 0 Å². The second-order valence-corrected chi connectivity index (χ2v) is 24.2. The minimum Gasteiger partial charge on any atom is -0.508 e. The van der Waals surface area contributed by atoms with E-state index in [4.69, 9.17) is 34.5 Å². The fraction of sp³-hybridized carbons (Fsp3) is 0.379. The van der Waals surface area contributed by atoms with Crippen molar-refractivity contribution >= 4 is 116 Å². The zero-order valence-electron chi connectivity index (χ0n) is 48.6. The number of aromatic hydroxyl groups is 1. The number of unbranched alkanes of at least 4 members (excludes halogenated alkanes) is 1. The standard InChI is InChI=1S/C58H72ClN15O14S2/c1-29(75)47-56(86)71-45(54(84)67-40(48(62)78)23-33-11-19-37(76)20-12-33)28-90-89-27-44(70-49(79)38(61)22-30-5-13-34(59)14-6-30)55(85)69-42(25-31-7-15-35(16-8-31)64-51(81)43-26-46(77)73-58(88)72-43)53(83)68-41(24-32-9-17-36(18-10-32)65-57(63)87)52(82)66-39(50(80)74-47)4-2-3-21-60/h5-20,29,38-45,47,75-76H,2-4,21-28,60-61H2,1H3,(H2,62,78)(H,64,81)(H,66,82)(H,67,84)(H,68,83)(H,69,85)(H,70,79)(H,71,86)(H,74,80)(H3,63,65,87)(H2,72,73,77,88)/t29-,38+,39+,40-,41-,42+,43?,44-,45+,47+/m1/s1. The number of urea groups is 2. The molecule has 0 aliphatic carbocycles. The van der Waals surface area contributed by atoms with Gasteiger partial charge in [0, 0.05) is 47.2 Å². The van der Waals surface area contributed by atoms with E-state index in [2.05, 4.69) is 53.2 Å². The molecule has 0 spiro atoms. The van der Waals surface area contributed by atoms with Gasteiger partial charge in [-0.1, -0.05) is 81.7 Å². The second-order valence-electron chi connectivity index (χ2n) is 21.2. The van der Waals surface area contributed by atoms with Crippen LogP contribution < -0.4 is 81.4 Å². The fourth-order valence-corrected chi connectivity index (χ4v) is 11.6. The summed E-state index contributed by atoms with van der Waals surface area (Å²) in [5.41, 5.74) is 25.7. The molecule has 2 saturated heterocycles. The van der Waals surface area contributed by atoms with E-state index in [-0.39, 0.29) is 80.1 Å². The van der Waals surface area contributed by atoms with Crippen molar-refractivity contribution in [3.63, 3.8) is 0 Å². The first-order chi connectivity index (χ1) is 42.8. The molecule has 4 aromatic carbocycles. The average Bonchev–Trinajstić information content (AvgIpc) is 1.54. The number of hydrogen-bond donors (Lipinski definition) is 17. The van der Waals surface area contributed by atoms with Gasteiger partial charge in [0.15, 0.2) is 0 Å². The molecule has 2 aliphatic rings. The predicted molar refractivity (Wildman–Crippen MR) is 334 cm³/mol. The molecular formula is C58H72ClN15O14S2. The number of hydrogen-bond acceptors (Lipinski definition) is 18. The van der Waals surface area contributed by atoms with Crippen LogP contribution in [0.5, 0.6) is 5.75 Å². The van der Waals surface area contributed by atoms with Gasteiger partial charge >= 0.3 is 12.1 Å². The van der Waals surface area contributed by atoms with Crippen LogP contribution in [0.2, 0.25) is 5.02 Å². The van der Waals surface area contributed by atoms with Gasteiger partial charge in [0.1, 0.15) is 54.1 Å². The van der Waals surface area contributed by atoms with Crippen LogP contribution in [-0.2, 0) is 73.6 Å². The Bertz CT molecular complexity index is 3230. The van der Waals surface area contributed by atoms with Crippen LogP contribution in [0.1, 0.15) is 54.9 Å². The molecule has 2 heterocycles. The zero-order chi connectivity index (χ0) is 65.6. The Kier molecular flexibility index (Phi) is 26.5. The summed E-state index contributed by atoms with van der Waals surface area (Å²) in [4.78, 5) is 163. The average molecular weight is 1300 g/mol. The maximum Gasteiger partial charge on any atom is 0.322 e. The molecule has 0 saturated carbocycles. The summed E-state index contributed by atoms with van der Waals surface area (Å²) in [7, 11) is 1.83. The number of benzene rings is 4. The number of carbonyl (C=O) groups is 12. The molecule has 0 radical (unpaired) electrons. The number of nitrogens with one attached hydrogen (secondary N) is 11. The van der Waals surface area contributed by atoms with E-state index in [1.54, 1.807) is 24.3 Å². The highest BCUT2D eigenvalue weighted by molar-refractivity contribution is 8.76. The molecule has 14 amide bonds. The third kappa shape index (κ3) is 22.2. The van der Waals surface area contributed by atoms with Crippen molar-refractivity contribution < 1.29 is 67.7 Å². The van der Waals surface area contributed by atoms with E-state index in [0.717, 1.165) is 21.6 Å². The number of carbonyl (C=O) groups excluding carboxylic acids is 12. The highest BCUT2D eigenvalue weighted by atomic mass is 35.5. The second kappa shape index (κ2) is 34.1. The number of anilines is 2. The number of aliphatic hydroxyl groups excluding tert-OH is 1. The van der Waals surface area contributed by atoms with Crippen LogP contribution >= 0.6 is 33.2 Å². The molecule has 6 rings (SSSR count). The largest absolute Gasteiger partial charge is 0.508 e. The number of phenolic OH excluding ortho intramolecular Hbond substituents is 1. The normalized spacial score (nSPS) is 21.5. The fourth-order valence-electron chi connectivity index (χ4n) is 9.18. The summed E-state index contributed by atoms with van der Waals surface area (Å²) in [6, 6.07) is 8.98. The lowest BCUT2D eigenvalue weighted by molar-refractivity contribution is -0.136. The van der Waals surface area contributed by atoms with E-state index in [1.165, 1.54) is 79.7 Å². The third-order valence-corrected chi connectivity index (χ3v) is 16.7. The van der Waals surface area contributed by atoms with Crippen LogP contribution in [0.15, 0.2) is 97.1 Å². The number of aliphatic hydroxyl groups is 1. The molecule has 29 nitrogen and oxygen atoms in total. The summed E-state index contributed by atoms with van der Waals surface area (Å²) < 4.78 is 0. The van der Waals surface area contributed by atoms with Crippen LogP contribution in [0.25, 0.3) is 0 Å². The van der Waals surface area contributed by atoms with E-state index in [0.29, 0.717) is 33.7 Å². The first-order valence-corrected chi connectivity index (χ1v) is 31.2. The molecule has 2 fully saturated rings. The summed E-state index contributed by atoms with van der Waals surface area (Å²) >= 11 is 6.10. The first kappa shape index (κ1) is 70.1. The van der Waals surface area contributed by atoms with Crippen LogP contribution in [0.4, 0.5) is 21.0 Å². The van der Waals surface area contributed by atoms with E-state index in [9.17, 15) is 63.0 Å². The number of rotatable bonds is 21. The van der Waals surface area contributed by atoms with Crippen molar-refractivity contribution in [2.45, 2.75) is 119 Å². The Morgan fingerprint density at radius 1 is 0.622 bits per heavy atom. The lowest BCUT2D eigenvalue weighted by Crippen LogP contribution is -2.62. The number of nitrogens with two attached hydrogens (primary N) is 4. The topological polar surface area (TPSA) is 482 Å². The summed E-state index contributed by atoms with van der Waals surface area (Å²) in [6.45, 7) is 1.37. The van der Waals surface area contributed by atoms with Gasteiger partial charge < -0.3 is 86.3 Å². The number of halogens is 1. The minimum atomic E-state index is -1.80. The zero-order valence-corrected chi connectivity index (χ0v) is 51.0. The van der Waals surface area contributed by atoms with E-state index >= 15 is 4.79 Å². The Balaban J connectivity index is 1.41. The van der Waals surface area contributed by atoms with Gasteiger partial charge in [-0.15, -0.1) is 0 Å². The van der Waals surface area contributed by atoms with Crippen molar-refractivity contribution in [3.8, 4) is 5.75 Å². The Hall–Kier alpha value is -9.01. The van der Waals surface area contributed by atoms with Gasteiger partial charge in [-0.3, -0.25) is 53.3 Å². The monoisotopic (exact) mass is 1300 g/mol. The smallest absolute Gasteiger partial charge is 0.322 e. The van der Waals surface area contributed by atoms with Crippen molar-refractivity contribution in [1.29, 1.82) is 0 Å². The van der Waals surface area contributed by atoms with Crippen molar-refractivity contribution in [2.75, 3.05) is 28.7 Å². The molecule has 32 heteroatoms. The van der Waals surface area contributed by atoms with Gasteiger partial charge in [-0.05, 0) is 110 Å². The SMILES string of the molecule is C[C@@H](O)[C@@H]1NC(=O)[C@H](CCCCN)NC(=O)[C@@H](Cc2ccc(NC(N)=O)cc2)NC(=O)[C@H](Cc2ccc(NC(=O)C3CC(=O)NC(=O)N3)cc2)NC(=O)[C@H](NC(=O)[C@@H](N)Cc2ccc(Cl)cc2)CSSC[C@@H](C(=O)N[C@H](Cc2ccc(O)cc2)C(N)=O)NC1=O. The maximum atomic E-state index is 15.1. The number of amides is 14. The molecule has 0 aromatic heterocycles.